The van der Waals surface area contributed by atoms with Gasteiger partial charge in [-0.2, -0.15) is 0 Å². The van der Waals surface area contributed by atoms with Gasteiger partial charge in [-0.3, -0.25) is 0 Å². The van der Waals surface area contributed by atoms with E-state index < -0.39 is 5.41 Å². The number of hydrogen-bond acceptors (Lipinski definition) is 3. The zero-order valence-corrected chi connectivity index (χ0v) is 42.9. The van der Waals surface area contributed by atoms with Crippen LogP contribution in [0.5, 0.6) is 0 Å². The lowest BCUT2D eigenvalue weighted by atomic mass is 9.64. The molecule has 2 aliphatic rings. The molecule has 0 saturated carbocycles. The maximum absolute atomic E-state index is 7.20. The second-order valence-electron chi connectivity index (χ2n) is 20.7. The summed E-state index contributed by atoms with van der Waals surface area (Å²) in [7, 11) is 0. The minimum absolute atomic E-state index is 0.135. The molecule has 0 unspecified atom stereocenters. The first-order chi connectivity index (χ1) is 38.7. The van der Waals surface area contributed by atoms with Crippen molar-refractivity contribution in [1.82, 2.24) is 0 Å². The molecule has 13 aromatic rings. The van der Waals surface area contributed by atoms with Crippen molar-refractivity contribution in [3.05, 3.63) is 336 Å². The number of benzene rings is 12. The molecule has 0 N–H and O–H groups in total. The highest BCUT2D eigenvalue weighted by Gasteiger charge is 2.52. The molecule has 3 nitrogen and oxygen atoms in total. The van der Waals surface area contributed by atoms with Gasteiger partial charge in [0.1, 0.15) is 11.2 Å². The van der Waals surface area contributed by atoms with Gasteiger partial charge in [-0.25, -0.2) is 0 Å². The lowest BCUT2D eigenvalue weighted by Crippen LogP contribution is -2.36. The second-order valence-corrected chi connectivity index (χ2v) is 20.7. The molecular formula is C75H52N2O. The predicted molar refractivity (Wildman–Crippen MR) is 323 cm³/mol. The average Bonchev–Trinajstić information content (AvgIpc) is 3.84. The summed E-state index contributed by atoms with van der Waals surface area (Å²) in [5, 5.41) is 2.17. The van der Waals surface area contributed by atoms with Crippen LogP contribution >= 0.6 is 0 Å². The zero-order valence-electron chi connectivity index (χ0n) is 42.9. The van der Waals surface area contributed by atoms with E-state index in [0.29, 0.717) is 0 Å². The van der Waals surface area contributed by atoms with E-state index in [1.807, 2.05) is 0 Å². The van der Waals surface area contributed by atoms with Crippen molar-refractivity contribution in [2.75, 3.05) is 9.80 Å². The summed E-state index contributed by atoms with van der Waals surface area (Å²) >= 11 is 0. The van der Waals surface area contributed by atoms with E-state index in [1.54, 1.807) is 0 Å². The van der Waals surface area contributed by atoms with Crippen LogP contribution in [0.25, 0.3) is 55.3 Å². The van der Waals surface area contributed by atoms with Crippen LogP contribution in [-0.4, -0.2) is 0 Å². The van der Waals surface area contributed by atoms with Crippen LogP contribution < -0.4 is 9.80 Å². The summed E-state index contributed by atoms with van der Waals surface area (Å²) in [5.74, 6) is -0.135. The standard InChI is InChI=1S/C75H52N2O/c1-5-23-51(24-6-1)45-64(56-43-44-62-61-35-13-15-37-67(61)75(70(62)48-56)68-38-16-18-40-71(68)77(57-31-11-4-12-32-57)72-41-19-17-39-69(72)75)66-50-60(49-65-63-36-14-20-42-73(63)78-74(65)66)76(58-33-21-29-54(46-58)52-25-7-2-8-26-52)59-34-22-30-55(47-59)53-27-9-3-10-28-53/h1-44,46-50,64H,45H2/t64-/m0/s1. The summed E-state index contributed by atoms with van der Waals surface area (Å²) < 4.78 is 7.20. The van der Waals surface area contributed by atoms with Crippen LogP contribution in [0.3, 0.4) is 0 Å². The first kappa shape index (κ1) is 45.4. The van der Waals surface area contributed by atoms with Gasteiger partial charge in [-0.1, -0.05) is 231 Å². The number of nitrogens with zero attached hydrogens (tertiary/aromatic N) is 2. The number of fused-ring (bicyclic) bond motifs is 12. The monoisotopic (exact) mass is 996 g/mol. The van der Waals surface area contributed by atoms with Gasteiger partial charge in [0.2, 0.25) is 0 Å². The van der Waals surface area contributed by atoms with E-state index in [-0.39, 0.29) is 5.92 Å². The quantitative estimate of drug-likeness (QED) is 0.136. The lowest BCUT2D eigenvalue weighted by molar-refractivity contribution is 0.654. The summed E-state index contributed by atoms with van der Waals surface area (Å²) in [6.45, 7) is 0. The Morgan fingerprint density at radius 1 is 0.372 bits per heavy atom. The maximum Gasteiger partial charge on any atom is 0.139 e. The molecule has 15 rings (SSSR count). The van der Waals surface area contributed by atoms with E-state index in [2.05, 4.69) is 307 Å². The Labute approximate surface area is 455 Å². The van der Waals surface area contributed by atoms with Crippen LogP contribution in [0.4, 0.5) is 34.1 Å². The van der Waals surface area contributed by atoms with Crippen molar-refractivity contribution in [3.63, 3.8) is 0 Å². The van der Waals surface area contributed by atoms with Crippen molar-refractivity contribution >= 4 is 56.1 Å². The van der Waals surface area contributed by atoms with Gasteiger partial charge < -0.3 is 14.2 Å². The Balaban J connectivity index is 0.994. The third-order valence-electron chi connectivity index (χ3n) is 16.4. The zero-order chi connectivity index (χ0) is 51.6. The molecule has 0 amide bonds. The van der Waals surface area contributed by atoms with Crippen LogP contribution in [0.2, 0.25) is 0 Å². The first-order valence-corrected chi connectivity index (χ1v) is 27.1. The minimum Gasteiger partial charge on any atom is -0.456 e. The molecule has 368 valence electrons. The smallest absolute Gasteiger partial charge is 0.139 e. The molecule has 1 aliphatic heterocycles. The summed E-state index contributed by atoms with van der Waals surface area (Å²) in [6, 6.07) is 109. The largest absolute Gasteiger partial charge is 0.456 e. The van der Waals surface area contributed by atoms with Crippen molar-refractivity contribution in [3.8, 4) is 33.4 Å². The molecule has 0 bridgehead atoms. The van der Waals surface area contributed by atoms with Gasteiger partial charge in [-0.15, -0.1) is 0 Å². The molecule has 0 saturated heterocycles. The summed E-state index contributed by atoms with van der Waals surface area (Å²) in [6.07, 6.45) is 0.747. The Hall–Kier alpha value is -9.96. The first-order valence-electron chi connectivity index (χ1n) is 27.1. The normalized spacial score (nSPS) is 13.2. The molecule has 12 aromatic carbocycles. The highest BCUT2D eigenvalue weighted by atomic mass is 16.3. The van der Waals surface area contributed by atoms with Crippen LogP contribution in [0, 0.1) is 0 Å². The molecule has 78 heavy (non-hydrogen) atoms. The van der Waals surface area contributed by atoms with E-state index in [9.17, 15) is 0 Å². The highest BCUT2D eigenvalue weighted by Crippen LogP contribution is 2.64. The van der Waals surface area contributed by atoms with Gasteiger partial charge in [0, 0.05) is 45.0 Å². The third-order valence-corrected chi connectivity index (χ3v) is 16.4. The summed E-state index contributed by atoms with van der Waals surface area (Å²) in [5.41, 5.74) is 23.8. The number of anilines is 6. The molecule has 0 fully saturated rings. The molecule has 1 spiro atoms. The van der Waals surface area contributed by atoms with E-state index in [4.69, 9.17) is 4.42 Å². The number of para-hydroxylation sites is 4. The van der Waals surface area contributed by atoms with E-state index in [1.165, 1.54) is 67.0 Å². The van der Waals surface area contributed by atoms with Gasteiger partial charge in [0.25, 0.3) is 0 Å². The number of hydrogen-bond donors (Lipinski definition) is 0. The maximum atomic E-state index is 7.20. The number of furan rings is 1. The van der Waals surface area contributed by atoms with Crippen molar-refractivity contribution in [2.45, 2.75) is 17.8 Å². The fourth-order valence-corrected chi connectivity index (χ4v) is 13.0. The fourth-order valence-electron chi connectivity index (χ4n) is 13.0. The third kappa shape index (κ3) is 7.34. The highest BCUT2D eigenvalue weighted by molar-refractivity contribution is 6.08. The molecule has 1 atom stereocenters. The molecule has 3 heteroatoms. The van der Waals surface area contributed by atoms with Crippen molar-refractivity contribution in [1.29, 1.82) is 0 Å². The van der Waals surface area contributed by atoms with Crippen LogP contribution in [0.1, 0.15) is 44.9 Å². The Morgan fingerprint density at radius 3 is 1.55 bits per heavy atom. The van der Waals surface area contributed by atoms with Crippen molar-refractivity contribution in [2.24, 2.45) is 0 Å². The van der Waals surface area contributed by atoms with Gasteiger partial charge in [0.05, 0.1) is 16.8 Å². The van der Waals surface area contributed by atoms with Crippen LogP contribution in [0.15, 0.2) is 302 Å². The Morgan fingerprint density at radius 2 is 0.897 bits per heavy atom. The van der Waals surface area contributed by atoms with Crippen molar-refractivity contribution < 1.29 is 4.42 Å². The molecule has 1 aliphatic carbocycles. The second kappa shape index (κ2) is 18.7. The predicted octanol–water partition coefficient (Wildman–Crippen LogP) is 19.9. The van der Waals surface area contributed by atoms with Gasteiger partial charge in [0.15, 0.2) is 0 Å². The van der Waals surface area contributed by atoms with Crippen LogP contribution in [-0.2, 0) is 11.8 Å². The average molecular weight is 997 g/mol. The number of rotatable bonds is 10. The molecule has 2 heterocycles. The summed E-state index contributed by atoms with van der Waals surface area (Å²) in [4.78, 5) is 4.91. The van der Waals surface area contributed by atoms with E-state index in [0.717, 1.165) is 67.8 Å². The molecule has 0 radical (unpaired) electrons. The Bertz CT molecular complexity index is 4240. The van der Waals surface area contributed by atoms with Gasteiger partial charge in [-0.05, 0) is 140 Å². The Kier molecular flexibility index (Phi) is 10.9. The minimum atomic E-state index is -0.613. The molecule has 1 aromatic heterocycles. The SMILES string of the molecule is c1ccc(C[C@@H](c2ccc3c(c2)C2(c4ccccc4-3)c3ccccc3N(c3ccccc3)c3ccccc32)c2cc(N(c3cccc(-c4ccccc4)c3)c3cccc(-c4ccccc4)c3)cc3c2oc2ccccc23)cc1. The lowest BCUT2D eigenvalue weighted by Gasteiger charge is -2.45. The van der Waals surface area contributed by atoms with Gasteiger partial charge >= 0.3 is 0 Å². The topological polar surface area (TPSA) is 19.6 Å². The fraction of sp³-hybridized carbons (Fsp3) is 0.0400. The molecular weight excluding hydrogens is 945 g/mol. The van der Waals surface area contributed by atoms with E-state index >= 15 is 0 Å².